The van der Waals surface area contributed by atoms with Crippen LogP contribution < -0.4 is 5.32 Å². The van der Waals surface area contributed by atoms with Gasteiger partial charge in [-0.1, -0.05) is 18.5 Å². The zero-order valence-corrected chi connectivity index (χ0v) is 11.4. The lowest BCUT2D eigenvalue weighted by molar-refractivity contribution is -0.129. The average molecular weight is 269 g/mol. The van der Waals surface area contributed by atoms with Crippen LogP contribution in [0.1, 0.15) is 25.6 Å². The number of amides is 1. The van der Waals surface area contributed by atoms with Gasteiger partial charge in [-0.05, 0) is 13.3 Å². The first-order valence-electron chi connectivity index (χ1n) is 6.14. The zero-order chi connectivity index (χ0) is 13.1. The van der Waals surface area contributed by atoms with Crippen LogP contribution in [0, 0.1) is 6.92 Å². The summed E-state index contributed by atoms with van der Waals surface area (Å²) >= 11 is 5.88. The molecular formula is C12H17ClN4O. The summed E-state index contributed by atoms with van der Waals surface area (Å²) in [5.41, 5.74) is 0. The van der Waals surface area contributed by atoms with E-state index in [1.165, 1.54) is 0 Å². The van der Waals surface area contributed by atoms with Crippen molar-refractivity contribution in [1.82, 2.24) is 14.9 Å². The van der Waals surface area contributed by atoms with Crippen molar-refractivity contribution in [3.63, 3.8) is 0 Å². The first kappa shape index (κ1) is 13.1. The monoisotopic (exact) mass is 268 g/mol. The highest BCUT2D eigenvalue weighted by Gasteiger charge is 2.25. The molecule has 0 saturated carbocycles. The molecule has 2 heterocycles. The van der Waals surface area contributed by atoms with Crippen LogP contribution in [0.25, 0.3) is 0 Å². The van der Waals surface area contributed by atoms with Gasteiger partial charge in [-0.15, -0.1) is 0 Å². The van der Waals surface area contributed by atoms with Crippen LogP contribution in [0.2, 0.25) is 5.15 Å². The van der Waals surface area contributed by atoms with Crippen molar-refractivity contribution >= 4 is 23.3 Å². The summed E-state index contributed by atoms with van der Waals surface area (Å²) in [5.74, 6) is 1.57. The van der Waals surface area contributed by atoms with E-state index in [0.717, 1.165) is 25.3 Å². The number of halogens is 1. The fourth-order valence-corrected chi connectivity index (χ4v) is 2.37. The van der Waals surface area contributed by atoms with Gasteiger partial charge in [-0.3, -0.25) is 4.79 Å². The Kier molecular flexibility index (Phi) is 4.01. The van der Waals surface area contributed by atoms with Gasteiger partial charge < -0.3 is 10.2 Å². The Morgan fingerprint density at radius 2 is 2.39 bits per heavy atom. The molecule has 1 aliphatic rings. The quantitative estimate of drug-likeness (QED) is 0.850. The number of carbonyl (C=O) groups is 1. The van der Waals surface area contributed by atoms with Crippen molar-refractivity contribution in [2.24, 2.45) is 0 Å². The van der Waals surface area contributed by atoms with Gasteiger partial charge in [0.2, 0.25) is 5.91 Å². The maximum absolute atomic E-state index is 11.6. The summed E-state index contributed by atoms with van der Waals surface area (Å²) in [4.78, 5) is 21.7. The molecule has 18 heavy (non-hydrogen) atoms. The third-order valence-corrected chi connectivity index (χ3v) is 3.20. The summed E-state index contributed by atoms with van der Waals surface area (Å²) in [6.45, 7) is 5.23. The highest BCUT2D eigenvalue weighted by molar-refractivity contribution is 6.29. The fourth-order valence-electron chi connectivity index (χ4n) is 2.14. The molecule has 1 N–H and O–H groups in total. The van der Waals surface area contributed by atoms with Gasteiger partial charge in [0, 0.05) is 31.6 Å². The second-order valence-corrected chi connectivity index (χ2v) is 4.83. The number of nitrogens with zero attached hydrogens (tertiary/aromatic N) is 3. The van der Waals surface area contributed by atoms with E-state index in [-0.39, 0.29) is 11.9 Å². The Labute approximate surface area is 112 Å². The molecule has 1 unspecified atom stereocenters. The van der Waals surface area contributed by atoms with Crippen LogP contribution in [0.3, 0.4) is 0 Å². The van der Waals surface area contributed by atoms with Gasteiger partial charge in [0.1, 0.15) is 16.8 Å². The Hall–Kier alpha value is -1.36. The van der Waals surface area contributed by atoms with Crippen LogP contribution >= 0.6 is 11.6 Å². The summed E-state index contributed by atoms with van der Waals surface area (Å²) in [6, 6.07) is 1.95. The van der Waals surface area contributed by atoms with Gasteiger partial charge >= 0.3 is 0 Å². The normalized spacial score (nSPS) is 19.1. The Balaban J connectivity index is 1.97. The zero-order valence-electron chi connectivity index (χ0n) is 10.6. The molecular weight excluding hydrogens is 252 g/mol. The van der Waals surface area contributed by atoms with Gasteiger partial charge in [0.15, 0.2) is 0 Å². The number of rotatable bonds is 3. The van der Waals surface area contributed by atoms with E-state index in [1.54, 1.807) is 13.0 Å². The molecule has 2 rings (SSSR count). The van der Waals surface area contributed by atoms with E-state index in [4.69, 9.17) is 11.6 Å². The van der Waals surface area contributed by atoms with Crippen LogP contribution in [-0.4, -0.2) is 39.9 Å². The average Bonchev–Trinajstić information content (AvgIpc) is 2.75. The van der Waals surface area contributed by atoms with E-state index in [9.17, 15) is 4.79 Å². The minimum Gasteiger partial charge on any atom is -0.365 e. The first-order chi connectivity index (χ1) is 8.58. The molecule has 0 spiro atoms. The van der Waals surface area contributed by atoms with E-state index in [0.29, 0.717) is 17.4 Å². The number of anilines is 1. The van der Waals surface area contributed by atoms with Crippen LogP contribution in [0.5, 0.6) is 0 Å². The van der Waals surface area contributed by atoms with E-state index >= 15 is 0 Å². The summed E-state index contributed by atoms with van der Waals surface area (Å²) in [6.07, 6.45) is 1.50. The summed E-state index contributed by atoms with van der Waals surface area (Å²) in [7, 11) is 0. The highest BCUT2D eigenvalue weighted by atomic mass is 35.5. The van der Waals surface area contributed by atoms with Crippen molar-refractivity contribution in [3.8, 4) is 0 Å². The molecule has 1 saturated heterocycles. The van der Waals surface area contributed by atoms with Gasteiger partial charge in [0.25, 0.3) is 0 Å². The molecule has 5 nitrogen and oxygen atoms in total. The second-order valence-electron chi connectivity index (χ2n) is 4.45. The molecule has 1 atom stereocenters. The molecule has 0 aromatic carbocycles. The first-order valence-corrected chi connectivity index (χ1v) is 6.51. The van der Waals surface area contributed by atoms with Gasteiger partial charge in [0.05, 0.1) is 0 Å². The molecule has 98 valence electrons. The predicted molar refractivity (Wildman–Crippen MR) is 70.7 cm³/mol. The van der Waals surface area contributed by atoms with E-state index < -0.39 is 0 Å². The Morgan fingerprint density at radius 1 is 1.61 bits per heavy atom. The van der Waals surface area contributed by atoms with Crippen molar-refractivity contribution in [3.05, 3.63) is 17.0 Å². The third kappa shape index (κ3) is 3.10. The predicted octanol–water partition coefficient (Wildman–Crippen LogP) is 1.86. The van der Waals surface area contributed by atoms with Crippen molar-refractivity contribution in [2.45, 2.75) is 32.7 Å². The Morgan fingerprint density at radius 3 is 3.06 bits per heavy atom. The SMILES string of the molecule is CCC(=O)N1CCC(Nc2cc(Cl)nc(C)n2)C1. The van der Waals surface area contributed by atoms with E-state index in [1.807, 2.05) is 11.8 Å². The van der Waals surface area contributed by atoms with Crippen LogP contribution in [-0.2, 0) is 4.79 Å². The van der Waals surface area contributed by atoms with Gasteiger partial charge in [-0.2, -0.15) is 0 Å². The number of carbonyl (C=O) groups excluding carboxylic acids is 1. The van der Waals surface area contributed by atoms with E-state index in [2.05, 4.69) is 15.3 Å². The van der Waals surface area contributed by atoms with Gasteiger partial charge in [-0.25, -0.2) is 9.97 Å². The van der Waals surface area contributed by atoms with Crippen molar-refractivity contribution in [1.29, 1.82) is 0 Å². The maximum atomic E-state index is 11.6. The van der Waals surface area contributed by atoms with Crippen LogP contribution in [0.4, 0.5) is 5.82 Å². The summed E-state index contributed by atoms with van der Waals surface area (Å²) < 4.78 is 0. The minimum atomic E-state index is 0.205. The molecule has 1 aliphatic heterocycles. The van der Waals surface area contributed by atoms with Crippen molar-refractivity contribution in [2.75, 3.05) is 18.4 Å². The number of aryl methyl sites for hydroxylation is 1. The molecule has 1 amide bonds. The molecule has 1 aromatic heterocycles. The lowest BCUT2D eigenvalue weighted by Crippen LogP contribution is -2.31. The molecule has 1 aromatic rings. The number of hydrogen-bond acceptors (Lipinski definition) is 4. The molecule has 6 heteroatoms. The minimum absolute atomic E-state index is 0.205. The lowest BCUT2D eigenvalue weighted by atomic mass is 10.2. The molecule has 1 fully saturated rings. The standard InChI is InChI=1S/C12H17ClN4O/c1-3-12(18)17-5-4-9(7-17)16-11-6-10(13)14-8(2)15-11/h6,9H,3-5,7H2,1-2H3,(H,14,15,16). The molecule has 0 radical (unpaired) electrons. The summed E-state index contributed by atoms with van der Waals surface area (Å²) in [5, 5.41) is 3.74. The topological polar surface area (TPSA) is 58.1 Å². The number of hydrogen-bond donors (Lipinski definition) is 1. The lowest BCUT2D eigenvalue weighted by Gasteiger charge is -2.16. The number of nitrogens with one attached hydrogen (secondary N) is 1. The number of aromatic nitrogens is 2. The molecule has 0 bridgehead atoms. The second kappa shape index (κ2) is 5.52. The van der Waals surface area contributed by atoms with Crippen LogP contribution in [0.15, 0.2) is 6.07 Å². The Bertz CT molecular complexity index is 431. The third-order valence-electron chi connectivity index (χ3n) is 3.00. The molecule has 0 aliphatic carbocycles. The van der Waals surface area contributed by atoms with Crippen molar-refractivity contribution < 1.29 is 4.79 Å². The largest absolute Gasteiger partial charge is 0.365 e. The fraction of sp³-hybridized carbons (Fsp3) is 0.583. The smallest absolute Gasteiger partial charge is 0.222 e. The highest BCUT2D eigenvalue weighted by Crippen LogP contribution is 2.17. The maximum Gasteiger partial charge on any atom is 0.222 e. The number of likely N-dealkylation sites (tertiary alicyclic amines) is 1.